The van der Waals surface area contributed by atoms with Crippen molar-refractivity contribution in [1.29, 1.82) is 10.7 Å². The molecular formula is C17H11N3O5. The molecule has 1 spiro atoms. The second-order valence-corrected chi connectivity index (χ2v) is 5.73. The zero-order valence-electron chi connectivity index (χ0n) is 12.7. The average molecular weight is 337 g/mol. The van der Waals surface area contributed by atoms with Gasteiger partial charge in [0.15, 0.2) is 11.2 Å². The maximum atomic E-state index is 13.0. The number of ether oxygens (including phenoxy) is 1. The number of hydrogen-bond acceptors (Lipinski definition) is 7. The Labute approximate surface area is 140 Å². The molecule has 0 aliphatic carbocycles. The van der Waals surface area contributed by atoms with Crippen molar-refractivity contribution in [2.24, 2.45) is 5.92 Å². The summed E-state index contributed by atoms with van der Waals surface area (Å²) in [5.41, 5.74) is -1.48. The molecule has 2 aliphatic rings. The lowest BCUT2D eigenvalue weighted by Crippen LogP contribution is -2.51. The number of carbonyl (C=O) groups is 1. The van der Waals surface area contributed by atoms with Gasteiger partial charge in [-0.05, 0) is 6.07 Å². The standard InChI is InChI=1S/C17H11N3O5/c18-6-10-15(19)25-13-12(22)5-8(7-21)24-14(13)17(10)9-3-1-2-4-11(9)20-16(17)23/h1-5,10,19,21H,7H2,(H,20,23). The highest BCUT2D eigenvalue weighted by Gasteiger charge is 2.62. The van der Waals surface area contributed by atoms with Crippen LogP contribution in [-0.4, -0.2) is 16.9 Å². The number of anilines is 1. The Kier molecular flexibility index (Phi) is 3.04. The molecule has 8 nitrogen and oxygen atoms in total. The Bertz CT molecular complexity index is 1040. The van der Waals surface area contributed by atoms with E-state index in [1.165, 1.54) is 0 Å². The van der Waals surface area contributed by atoms with E-state index < -0.39 is 35.2 Å². The molecule has 1 aromatic carbocycles. The average Bonchev–Trinajstić information content (AvgIpc) is 2.89. The molecule has 2 aromatic rings. The molecule has 124 valence electrons. The van der Waals surface area contributed by atoms with Gasteiger partial charge >= 0.3 is 0 Å². The molecule has 3 heterocycles. The Morgan fingerprint density at radius 2 is 2.12 bits per heavy atom. The molecule has 8 heteroatoms. The third kappa shape index (κ3) is 1.75. The van der Waals surface area contributed by atoms with Gasteiger partial charge in [-0.25, -0.2) is 0 Å². The Morgan fingerprint density at radius 1 is 1.36 bits per heavy atom. The van der Waals surface area contributed by atoms with Crippen LogP contribution in [0.3, 0.4) is 0 Å². The number of rotatable bonds is 1. The van der Waals surface area contributed by atoms with E-state index in [-0.39, 0.29) is 17.3 Å². The van der Waals surface area contributed by atoms with E-state index in [0.717, 1.165) is 6.07 Å². The predicted molar refractivity (Wildman–Crippen MR) is 84.2 cm³/mol. The number of nitriles is 1. The van der Waals surface area contributed by atoms with Crippen molar-refractivity contribution in [3.05, 3.63) is 57.6 Å². The fourth-order valence-corrected chi connectivity index (χ4v) is 3.41. The lowest BCUT2D eigenvalue weighted by atomic mass is 9.68. The van der Waals surface area contributed by atoms with Crippen LogP contribution in [0, 0.1) is 22.7 Å². The number of nitrogens with one attached hydrogen (secondary N) is 2. The minimum atomic E-state index is -1.72. The van der Waals surface area contributed by atoms with E-state index in [0.29, 0.717) is 11.3 Å². The Morgan fingerprint density at radius 3 is 2.84 bits per heavy atom. The normalized spacial score (nSPS) is 23.4. The van der Waals surface area contributed by atoms with Gasteiger partial charge in [0, 0.05) is 17.3 Å². The highest BCUT2D eigenvalue weighted by Crippen LogP contribution is 2.52. The number of aliphatic hydroxyl groups is 1. The summed E-state index contributed by atoms with van der Waals surface area (Å²) < 4.78 is 10.8. The van der Waals surface area contributed by atoms with Gasteiger partial charge in [-0.15, -0.1) is 0 Å². The highest BCUT2D eigenvalue weighted by molar-refractivity contribution is 6.12. The summed E-state index contributed by atoms with van der Waals surface area (Å²) in [6.45, 7) is -0.559. The minimum Gasteiger partial charge on any atom is -0.458 e. The molecule has 1 amide bonds. The van der Waals surface area contributed by atoms with Gasteiger partial charge in [0.2, 0.25) is 23.0 Å². The first kappa shape index (κ1) is 15.1. The maximum absolute atomic E-state index is 13.0. The molecule has 2 atom stereocenters. The lowest BCUT2D eigenvalue weighted by Gasteiger charge is -2.35. The van der Waals surface area contributed by atoms with Crippen molar-refractivity contribution >= 4 is 17.5 Å². The van der Waals surface area contributed by atoms with Gasteiger partial charge in [-0.3, -0.25) is 15.0 Å². The molecule has 4 rings (SSSR count). The van der Waals surface area contributed by atoms with Gasteiger partial charge in [0.25, 0.3) is 0 Å². The van der Waals surface area contributed by atoms with Crippen LogP contribution >= 0.6 is 0 Å². The molecule has 0 saturated carbocycles. The molecule has 1 aromatic heterocycles. The van der Waals surface area contributed by atoms with Gasteiger partial charge < -0.3 is 19.6 Å². The Balaban J connectivity index is 2.17. The predicted octanol–water partition coefficient (Wildman–Crippen LogP) is 0.880. The molecule has 2 aliphatic heterocycles. The van der Waals surface area contributed by atoms with E-state index in [1.54, 1.807) is 24.3 Å². The van der Waals surface area contributed by atoms with Gasteiger partial charge in [0.1, 0.15) is 18.3 Å². The summed E-state index contributed by atoms with van der Waals surface area (Å²) in [5.74, 6) is -2.97. The monoisotopic (exact) mass is 337 g/mol. The second-order valence-electron chi connectivity index (χ2n) is 5.73. The maximum Gasteiger partial charge on any atom is 0.244 e. The molecule has 0 fully saturated rings. The smallest absolute Gasteiger partial charge is 0.244 e. The summed E-state index contributed by atoms with van der Waals surface area (Å²) in [6.07, 6.45) is 0. The van der Waals surface area contributed by atoms with Crippen LogP contribution in [0.5, 0.6) is 5.75 Å². The third-order valence-corrected chi connectivity index (χ3v) is 4.46. The summed E-state index contributed by atoms with van der Waals surface area (Å²) in [7, 11) is 0. The zero-order chi connectivity index (χ0) is 17.8. The van der Waals surface area contributed by atoms with Crippen molar-refractivity contribution in [1.82, 2.24) is 0 Å². The number of hydrogen-bond donors (Lipinski definition) is 3. The van der Waals surface area contributed by atoms with Crippen LogP contribution in [0.15, 0.2) is 39.5 Å². The van der Waals surface area contributed by atoms with E-state index >= 15 is 0 Å². The van der Waals surface area contributed by atoms with Crippen molar-refractivity contribution in [2.45, 2.75) is 12.0 Å². The van der Waals surface area contributed by atoms with Crippen LogP contribution in [0.25, 0.3) is 0 Å². The number of fused-ring (bicyclic) bond motifs is 4. The highest BCUT2D eigenvalue weighted by atomic mass is 16.5. The first-order valence-corrected chi connectivity index (χ1v) is 7.39. The van der Waals surface area contributed by atoms with Crippen molar-refractivity contribution in [3.63, 3.8) is 0 Å². The molecule has 3 N–H and O–H groups in total. The first-order chi connectivity index (χ1) is 12.0. The Hall–Kier alpha value is -3.44. The summed E-state index contributed by atoms with van der Waals surface area (Å²) in [6, 6.07) is 9.64. The molecule has 25 heavy (non-hydrogen) atoms. The summed E-state index contributed by atoms with van der Waals surface area (Å²) >= 11 is 0. The SMILES string of the molecule is N#CC1C(=N)Oc2c(oc(CO)cc2=O)C12C(=O)Nc1ccccc12. The second kappa shape index (κ2) is 5.03. The van der Waals surface area contributed by atoms with E-state index in [1.807, 2.05) is 6.07 Å². The number of para-hydroxylation sites is 1. The van der Waals surface area contributed by atoms with Crippen molar-refractivity contribution < 1.29 is 19.1 Å². The topological polar surface area (TPSA) is 136 Å². The van der Waals surface area contributed by atoms with Crippen LogP contribution in [0.4, 0.5) is 5.69 Å². The molecule has 2 unspecified atom stereocenters. The number of aliphatic hydroxyl groups excluding tert-OH is 1. The fourth-order valence-electron chi connectivity index (χ4n) is 3.41. The molecule has 0 saturated heterocycles. The van der Waals surface area contributed by atoms with Crippen LogP contribution < -0.4 is 15.5 Å². The van der Waals surface area contributed by atoms with Gasteiger partial charge in [0.05, 0.1) is 6.07 Å². The first-order valence-electron chi connectivity index (χ1n) is 7.39. The fraction of sp³-hybridized carbons (Fsp3) is 0.176. The van der Waals surface area contributed by atoms with Gasteiger partial charge in [-0.1, -0.05) is 18.2 Å². The summed E-state index contributed by atoms with van der Waals surface area (Å²) in [4.78, 5) is 25.3. The quantitative estimate of drug-likeness (QED) is 0.706. The van der Waals surface area contributed by atoms with E-state index in [4.69, 9.17) is 14.6 Å². The number of amides is 1. The van der Waals surface area contributed by atoms with E-state index in [9.17, 15) is 20.0 Å². The third-order valence-electron chi connectivity index (χ3n) is 4.46. The lowest BCUT2D eigenvalue weighted by molar-refractivity contribution is -0.121. The van der Waals surface area contributed by atoms with Gasteiger partial charge in [-0.2, -0.15) is 5.26 Å². The van der Waals surface area contributed by atoms with Crippen molar-refractivity contribution in [3.8, 4) is 11.8 Å². The molecule has 0 radical (unpaired) electrons. The van der Waals surface area contributed by atoms with Crippen LogP contribution in [0.2, 0.25) is 0 Å². The molecular weight excluding hydrogens is 326 g/mol. The largest absolute Gasteiger partial charge is 0.458 e. The number of carbonyl (C=O) groups excluding carboxylic acids is 1. The number of nitrogens with zero attached hydrogens (tertiary/aromatic N) is 1. The van der Waals surface area contributed by atoms with Crippen LogP contribution in [-0.2, 0) is 16.8 Å². The summed E-state index contributed by atoms with van der Waals surface area (Å²) in [5, 5.41) is 29.7. The van der Waals surface area contributed by atoms with E-state index in [2.05, 4.69) is 5.32 Å². The molecule has 0 bridgehead atoms. The number of benzene rings is 1. The van der Waals surface area contributed by atoms with Crippen LogP contribution in [0.1, 0.15) is 17.1 Å². The zero-order valence-corrected chi connectivity index (χ0v) is 12.7. The minimum absolute atomic E-state index is 0.0611. The van der Waals surface area contributed by atoms with Crippen molar-refractivity contribution in [2.75, 3.05) is 5.32 Å².